The molecule has 24 heavy (non-hydrogen) atoms. The molecule has 0 amide bonds. The van der Waals surface area contributed by atoms with Crippen LogP contribution in [0.5, 0.6) is 0 Å². The van der Waals surface area contributed by atoms with Crippen LogP contribution in [0.25, 0.3) is 16.3 Å². The van der Waals surface area contributed by atoms with Crippen molar-refractivity contribution >= 4 is 22.0 Å². The van der Waals surface area contributed by atoms with Gasteiger partial charge in [0, 0.05) is 11.3 Å². The lowest BCUT2D eigenvalue weighted by Gasteiger charge is -2.14. The predicted octanol–water partition coefficient (Wildman–Crippen LogP) is 6.35. The van der Waals surface area contributed by atoms with Crippen LogP contribution in [0.4, 0.5) is 10.1 Å². The Bertz CT molecular complexity index is 878. The molecule has 0 aliphatic rings. The quantitative estimate of drug-likeness (QED) is 0.547. The van der Waals surface area contributed by atoms with Crippen molar-refractivity contribution in [2.45, 2.75) is 27.7 Å². The molecule has 0 aromatic heterocycles. The summed E-state index contributed by atoms with van der Waals surface area (Å²) >= 11 is 0. The number of halogens is 1. The molecule has 0 fully saturated rings. The third kappa shape index (κ3) is 3.48. The molecular formula is C22H24FN. The highest BCUT2D eigenvalue weighted by atomic mass is 19.1. The lowest BCUT2D eigenvalue weighted by molar-refractivity contribution is 0.630. The Morgan fingerprint density at radius 3 is 2.29 bits per heavy atom. The van der Waals surface area contributed by atoms with Crippen molar-refractivity contribution in [3.8, 4) is 0 Å². The zero-order chi connectivity index (χ0) is 17.7. The molecule has 0 heterocycles. The first-order valence-electron chi connectivity index (χ1n) is 8.31. The largest absolute Gasteiger partial charge is 0.398 e. The summed E-state index contributed by atoms with van der Waals surface area (Å²) in [5, 5.41) is 1.94. The number of rotatable bonds is 2. The van der Waals surface area contributed by atoms with Gasteiger partial charge in [0.2, 0.25) is 0 Å². The maximum atomic E-state index is 13.4. The smallest absolute Gasteiger partial charge is 0.123 e. The molecule has 2 N–H and O–H groups in total. The number of hydrogen-bond donors (Lipinski definition) is 1. The summed E-state index contributed by atoms with van der Waals surface area (Å²) in [6, 6.07) is 16.9. The second-order valence-electron chi connectivity index (χ2n) is 5.45. The number of nitrogen functional groups attached to an aromatic ring is 1. The van der Waals surface area contributed by atoms with Crippen LogP contribution in [0.15, 0.2) is 60.7 Å². The molecule has 0 aliphatic carbocycles. The summed E-state index contributed by atoms with van der Waals surface area (Å²) in [5.74, 6) is -0.210. The van der Waals surface area contributed by atoms with Gasteiger partial charge in [0.1, 0.15) is 5.82 Å². The van der Waals surface area contributed by atoms with E-state index in [0.29, 0.717) is 0 Å². The van der Waals surface area contributed by atoms with E-state index in [1.807, 2.05) is 64.1 Å². The van der Waals surface area contributed by atoms with E-state index in [2.05, 4.69) is 12.1 Å². The summed E-state index contributed by atoms with van der Waals surface area (Å²) in [4.78, 5) is 0. The molecule has 0 saturated heterocycles. The van der Waals surface area contributed by atoms with Crippen LogP contribution in [0.1, 0.15) is 37.5 Å². The molecule has 3 rings (SSSR count). The second-order valence-corrected chi connectivity index (χ2v) is 5.45. The third-order valence-corrected chi connectivity index (χ3v) is 3.98. The summed E-state index contributed by atoms with van der Waals surface area (Å²) < 4.78 is 13.4. The van der Waals surface area contributed by atoms with Crippen molar-refractivity contribution in [3.05, 3.63) is 83.2 Å². The van der Waals surface area contributed by atoms with Gasteiger partial charge in [-0.25, -0.2) is 4.39 Å². The molecule has 0 aliphatic heterocycles. The zero-order valence-corrected chi connectivity index (χ0v) is 14.7. The Morgan fingerprint density at radius 1 is 0.917 bits per heavy atom. The standard InChI is InChI=1S/C20H18FN.C2H6/c1-3-17(18-6-4-5-7-20(18)22)19-12-14-8-9-16(21)11-15(14)10-13(19)2;1-2/h3-12H,22H2,1-2H3;1-2H3/b17-3+;. The minimum absolute atomic E-state index is 0.210. The molecule has 2 heteroatoms. The van der Waals surface area contributed by atoms with E-state index in [1.54, 1.807) is 6.07 Å². The first-order valence-corrected chi connectivity index (χ1v) is 8.31. The van der Waals surface area contributed by atoms with Gasteiger partial charge in [0.25, 0.3) is 0 Å². The van der Waals surface area contributed by atoms with Crippen molar-refractivity contribution in [1.82, 2.24) is 0 Å². The summed E-state index contributed by atoms with van der Waals surface area (Å²) in [5.41, 5.74) is 11.2. The molecular weight excluding hydrogens is 297 g/mol. The number of hydrogen-bond acceptors (Lipinski definition) is 1. The van der Waals surface area contributed by atoms with Crippen LogP contribution in [0.2, 0.25) is 0 Å². The Labute approximate surface area is 143 Å². The van der Waals surface area contributed by atoms with E-state index < -0.39 is 0 Å². The number of anilines is 1. The van der Waals surface area contributed by atoms with Crippen LogP contribution in [0.3, 0.4) is 0 Å². The molecule has 0 atom stereocenters. The Balaban J connectivity index is 0.00000100. The molecule has 0 saturated carbocycles. The van der Waals surface area contributed by atoms with Gasteiger partial charge in [-0.05, 0) is 65.6 Å². The average Bonchev–Trinajstić information content (AvgIpc) is 2.59. The van der Waals surface area contributed by atoms with E-state index in [-0.39, 0.29) is 5.82 Å². The lowest BCUT2D eigenvalue weighted by Crippen LogP contribution is -1.97. The number of fused-ring (bicyclic) bond motifs is 1. The maximum Gasteiger partial charge on any atom is 0.123 e. The SMILES string of the molecule is C/C=C(/c1cc2ccc(F)cc2cc1C)c1ccccc1N.CC. The first-order chi connectivity index (χ1) is 11.6. The number of allylic oxidation sites excluding steroid dienone is 1. The molecule has 0 unspecified atom stereocenters. The highest BCUT2D eigenvalue weighted by Crippen LogP contribution is 2.32. The van der Waals surface area contributed by atoms with E-state index >= 15 is 0 Å². The molecule has 3 aromatic carbocycles. The second kappa shape index (κ2) is 7.78. The van der Waals surface area contributed by atoms with E-state index in [9.17, 15) is 4.39 Å². The number of aryl methyl sites for hydroxylation is 1. The van der Waals surface area contributed by atoms with E-state index in [0.717, 1.165) is 38.7 Å². The topological polar surface area (TPSA) is 26.0 Å². The van der Waals surface area contributed by atoms with Gasteiger partial charge >= 0.3 is 0 Å². The van der Waals surface area contributed by atoms with Gasteiger partial charge < -0.3 is 5.73 Å². The zero-order valence-electron chi connectivity index (χ0n) is 14.7. The number of benzene rings is 3. The minimum atomic E-state index is -0.210. The van der Waals surface area contributed by atoms with Gasteiger partial charge in [0.05, 0.1) is 0 Å². The highest BCUT2D eigenvalue weighted by molar-refractivity contribution is 5.93. The maximum absolute atomic E-state index is 13.4. The highest BCUT2D eigenvalue weighted by Gasteiger charge is 2.11. The van der Waals surface area contributed by atoms with Crippen LogP contribution in [-0.2, 0) is 0 Å². The average molecular weight is 321 g/mol. The molecule has 0 spiro atoms. The van der Waals surface area contributed by atoms with Crippen LogP contribution < -0.4 is 5.73 Å². The Morgan fingerprint density at radius 2 is 1.62 bits per heavy atom. The Kier molecular flexibility index (Phi) is 5.75. The fraction of sp³-hybridized carbons (Fsp3) is 0.182. The Hall–Kier alpha value is -2.61. The molecule has 3 aromatic rings. The molecule has 124 valence electrons. The van der Waals surface area contributed by atoms with Gasteiger partial charge in [-0.1, -0.05) is 50.3 Å². The van der Waals surface area contributed by atoms with E-state index in [1.165, 1.54) is 6.07 Å². The number of para-hydroxylation sites is 1. The van der Waals surface area contributed by atoms with E-state index in [4.69, 9.17) is 5.73 Å². The molecule has 0 bridgehead atoms. The fourth-order valence-electron chi connectivity index (χ4n) is 2.87. The number of nitrogens with two attached hydrogens (primary N) is 1. The fourth-order valence-corrected chi connectivity index (χ4v) is 2.87. The van der Waals surface area contributed by atoms with Gasteiger partial charge in [-0.15, -0.1) is 0 Å². The van der Waals surface area contributed by atoms with Crippen LogP contribution in [0, 0.1) is 12.7 Å². The van der Waals surface area contributed by atoms with Gasteiger partial charge in [0.15, 0.2) is 0 Å². The lowest BCUT2D eigenvalue weighted by atomic mass is 9.91. The molecule has 0 radical (unpaired) electrons. The predicted molar refractivity (Wildman–Crippen MR) is 104 cm³/mol. The van der Waals surface area contributed by atoms with Crippen LogP contribution >= 0.6 is 0 Å². The first kappa shape index (κ1) is 17.7. The van der Waals surface area contributed by atoms with Crippen molar-refractivity contribution in [2.75, 3.05) is 5.73 Å². The van der Waals surface area contributed by atoms with Crippen LogP contribution in [-0.4, -0.2) is 0 Å². The molecule has 1 nitrogen and oxygen atoms in total. The van der Waals surface area contributed by atoms with Gasteiger partial charge in [-0.3, -0.25) is 0 Å². The van der Waals surface area contributed by atoms with Crippen molar-refractivity contribution in [1.29, 1.82) is 0 Å². The summed E-state index contributed by atoms with van der Waals surface area (Å²) in [6.45, 7) is 8.05. The summed E-state index contributed by atoms with van der Waals surface area (Å²) in [6.07, 6.45) is 2.07. The monoisotopic (exact) mass is 321 g/mol. The minimum Gasteiger partial charge on any atom is -0.398 e. The van der Waals surface area contributed by atoms with Crippen molar-refractivity contribution < 1.29 is 4.39 Å². The van der Waals surface area contributed by atoms with Crippen molar-refractivity contribution in [2.24, 2.45) is 0 Å². The van der Waals surface area contributed by atoms with Gasteiger partial charge in [-0.2, -0.15) is 0 Å². The summed E-state index contributed by atoms with van der Waals surface area (Å²) in [7, 11) is 0. The van der Waals surface area contributed by atoms with Crippen molar-refractivity contribution in [3.63, 3.8) is 0 Å². The third-order valence-electron chi connectivity index (χ3n) is 3.98. The normalized spacial score (nSPS) is 11.1.